The Hall–Kier alpha value is -4.29. The molecule has 34 heavy (non-hydrogen) atoms. The lowest BCUT2D eigenvalue weighted by molar-refractivity contribution is 0.761. The molecule has 1 aromatic carbocycles. The maximum absolute atomic E-state index is 9.31. The molecule has 4 heterocycles. The molecule has 9 heteroatoms. The summed E-state index contributed by atoms with van der Waals surface area (Å²) in [5, 5.41) is 17.2. The highest BCUT2D eigenvalue weighted by Crippen LogP contribution is 2.37. The summed E-state index contributed by atoms with van der Waals surface area (Å²) in [5.41, 5.74) is 8.79. The van der Waals surface area contributed by atoms with Gasteiger partial charge in [-0.1, -0.05) is 36.4 Å². The first kappa shape index (κ1) is 21.6. The Balaban J connectivity index is 1.48. The number of H-pyrrole nitrogens is 1. The van der Waals surface area contributed by atoms with Gasteiger partial charge in [0.15, 0.2) is 5.82 Å². The lowest BCUT2D eigenvalue weighted by Gasteiger charge is -2.19. The maximum atomic E-state index is 9.31. The van der Waals surface area contributed by atoms with Crippen LogP contribution in [0.15, 0.2) is 60.8 Å². The van der Waals surface area contributed by atoms with E-state index in [0.29, 0.717) is 29.3 Å². The van der Waals surface area contributed by atoms with Crippen molar-refractivity contribution in [3.05, 3.63) is 72.1 Å². The number of fused-ring (bicyclic) bond motifs is 1. The topological polar surface area (TPSA) is 120 Å². The number of thiophene rings is 1. The van der Waals surface area contributed by atoms with Crippen LogP contribution in [0.25, 0.3) is 32.2 Å². The highest BCUT2D eigenvalue weighted by Gasteiger charge is 2.18. The molecule has 0 saturated carbocycles. The van der Waals surface area contributed by atoms with Crippen molar-refractivity contribution >= 4 is 33.2 Å². The lowest BCUT2D eigenvalue weighted by Crippen LogP contribution is -2.21. The fraction of sp³-hybridized carbons (Fsp3) is 0.160. The molecule has 8 nitrogen and oxygen atoms in total. The second-order valence-electron chi connectivity index (χ2n) is 7.88. The number of nitrogens with one attached hydrogen (secondary N) is 1. The van der Waals surface area contributed by atoms with Crippen molar-refractivity contribution in [2.45, 2.75) is 12.8 Å². The van der Waals surface area contributed by atoms with E-state index in [0.717, 1.165) is 45.1 Å². The highest BCUT2D eigenvalue weighted by molar-refractivity contribution is 7.22. The van der Waals surface area contributed by atoms with Gasteiger partial charge in [0.2, 0.25) is 0 Å². The molecule has 0 bridgehead atoms. The quantitative estimate of drug-likeness (QED) is 0.358. The Morgan fingerprint density at radius 2 is 1.94 bits per heavy atom. The number of nitriles is 1. The van der Waals surface area contributed by atoms with E-state index in [2.05, 4.69) is 44.3 Å². The van der Waals surface area contributed by atoms with Crippen LogP contribution < -0.4 is 10.6 Å². The Kier molecular flexibility index (Phi) is 5.89. The van der Waals surface area contributed by atoms with Crippen molar-refractivity contribution in [3.8, 4) is 28.0 Å². The normalized spacial score (nSPS) is 10.9. The van der Waals surface area contributed by atoms with E-state index >= 15 is 0 Å². The largest absolute Gasteiger partial charge is 0.383 e. The average molecular weight is 467 g/mol. The van der Waals surface area contributed by atoms with E-state index in [-0.39, 0.29) is 0 Å². The summed E-state index contributed by atoms with van der Waals surface area (Å²) in [7, 11) is 2.02. The van der Waals surface area contributed by atoms with Crippen LogP contribution in [0, 0.1) is 11.3 Å². The first-order chi connectivity index (χ1) is 16.6. The lowest BCUT2D eigenvalue weighted by atomic mass is 10.1. The molecule has 0 radical (unpaired) electrons. The number of benzene rings is 1. The molecule has 0 aliphatic carbocycles. The zero-order valence-corrected chi connectivity index (χ0v) is 19.4. The van der Waals surface area contributed by atoms with Crippen LogP contribution in [0.5, 0.6) is 0 Å². The smallest absolute Gasteiger partial charge is 0.181 e. The van der Waals surface area contributed by atoms with Crippen molar-refractivity contribution in [1.29, 1.82) is 5.26 Å². The molecule has 4 aromatic heterocycles. The van der Waals surface area contributed by atoms with Crippen LogP contribution in [0.3, 0.4) is 0 Å². The van der Waals surface area contributed by atoms with Crippen LogP contribution in [-0.4, -0.2) is 38.7 Å². The predicted molar refractivity (Wildman–Crippen MR) is 135 cm³/mol. The van der Waals surface area contributed by atoms with E-state index < -0.39 is 0 Å². The summed E-state index contributed by atoms with van der Waals surface area (Å²) in [6.45, 7) is 0.724. The SMILES string of the molecule is CN(CCCc1n[nH]c(N)c1C#N)c1nc(-c2ccccn2)nc2sc(-c3ccccc3)cc12. The monoisotopic (exact) mass is 466 g/mol. The van der Waals surface area contributed by atoms with Gasteiger partial charge in [-0.2, -0.15) is 10.4 Å². The molecule has 3 N–H and O–H groups in total. The van der Waals surface area contributed by atoms with Crippen LogP contribution >= 0.6 is 11.3 Å². The third-order valence-corrected chi connectivity index (χ3v) is 6.65. The van der Waals surface area contributed by atoms with E-state index in [1.807, 2.05) is 43.4 Å². The standard InChI is InChI=1S/C25H22N8S/c1-33(13-7-11-19-18(15-26)22(27)32-31-19)24-17-14-21(16-8-3-2-4-9-16)34-25(17)30-23(29-24)20-10-5-6-12-28-20/h2-6,8-10,12,14H,7,11,13H2,1H3,(H3,27,31,32). The minimum atomic E-state index is 0.315. The first-order valence-electron chi connectivity index (χ1n) is 10.9. The number of hydrogen-bond acceptors (Lipinski definition) is 8. The molecule has 0 amide bonds. The molecular formula is C25H22N8S. The molecule has 5 rings (SSSR count). The third kappa shape index (κ3) is 4.19. The summed E-state index contributed by atoms with van der Waals surface area (Å²) < 4.78 is 0. The maximum Gasteiger partial charge on any atom is 0.181 e. The number of anilines is 2. The third-order valence-electron chi connectivity index (χ3n) is 5.57. The van der Waals surface area contributed by atoms with Gasteiger partial charge in [-0.15, -0.1) is 11.3 Å². The van der Waals surface area contributed by atoms with Crippen LogP contribution in [-0.2, 0) is 6.42 Å². The number of hydrogen-bond donors (Lipinski definition) is 2. The molecule has 0 atom stereocenters. The number of nitrogen functional groups attached to an aromatic ring is 1. The van der Waals surface area contributed by atoms with Crippen molar-refractivity contribution in [1.82, 2.24) is 25.1 Å². The van der Waals surface area contributed by atoms with Crippen LogP contribution in [0.1, 0.15) is 17.7 Å². The van der Waals surface area contributed by atoms with Gasteiger partial charge in [-0.05, 0) is 36.6 Å². The van der Waals surface area contributed by atoms with Crippen molar-refractivity contribution in [2.24, 2.45) is 0 Å². The molecule has 0 aliphatic rings. The number of nitrogens with two attached hydrogens (primary N) is 1. The van der Waals surface area contributed by atoms with E-state index in [1.54, 1.807) is 17.5 Å². The second kappa shape index (κ2) is 9.29. The van der Waals surface area contributed by atoms with Crippen molar-refractivity contribution in [3.63, 3.8) is 0 Å². The van der Waals surface area contributed by atoms with Crippen molar-refractivity contribution in [2.75, 3.05) is 24.2 Å². The molecule has 0 aliphatic heterocycles. The molecular weight excluding hydrogens is 444 g/mol. The zero-order valence-electron chi connectivity index (χ0n) is 18.6. The molecule has 0 unspecified atom stereocenters. The summed E-state index contributed by atoms with van der Waals surface area (Å²) in [6, 6.07) is 20.3. The first-order valence-corrected chi connectivity index (χ1v) is 11.7. The van der Waals surface area contributed by atoms with Crippen LogP contribution in [0.2, 0.25) is 0 Å². The molecule has 5 aromatic rings. The summed E-state index contributed by atoms with van der Waals surface area (Å²) in [5.74, 6) is 1.77. The summed E-state index contributed by atoms with van der Waals surface area (Å²) in [6.07, 6.45) is 3.18. The highest BCUT2D eigenvalue weighted by atomic mass is 32.1. The fourth-order valence-electron chi connectivity index (χ4n) is 3.84. The molecule has 0 saturated heterocycles. The second-order valence-corrected chi connectivity index (χ2v) is 8.91. The Labute approximate surface area is 200 Å². The van der Waals surface area contributed by atoms with Gasteiger partial charge in [0, 0.05) is 24.7 Å². The fourth-order valence-corrected chi connectivity index (χ4v) is 4.87. The minimum absolute atomic E-state index is 0.315. The van der Waals surface area contributed by atoms with Gasteiger partial charge in [0.05, 0.1) is 11.1 Å². The van der Waals surface area contributed by atoms with Gasteiger partial charge < -0.3 is 10.6 Å². The van der Waals surface area contributed by atoms with E-state index in [4.69, 9.17) is 15.7 Å². The number of aromatic amines is 1. The number of aryl methyl sites for hydroxylation is 1. The molecule has 0 fully saturated rings. The number of pyridine rings is 1. The summed E-state index contributed by atoms with van der Waals surface area (Å²) in [4.78, 5) is 18.4. The zero-order chi connectivity index (χ0) is 23.5. The van der Waals surface area contributed by atoms with Gasteiger partial charge in [-0.25, -0.2) is 9.97 Å². The van der Waals surface area contributed by atoms with Gasteiger partial charge in [0.25, 0.3) is 0 Å². The number of aromatic nitrogens is 5. The van der Waals surface area contributed by atoms with E-state index in [1.165, 1.54) is 0 Å². The molecule has 0 spiro atoms. The van der Waals surface area contributed by atoms with Crippen molar-refractivity contribution < 1.29 is 0 Å². The molecule has 168 valence electrons. The Morgan fingerprint density at radius 1 is 1.12 bits per heavy atom. The van der Waals surface area contributed by atoms with Gasteiger partial charge >= 0.3 is 0 Å². The Bertz CT molecular complexity index is 1470. The number of rotatable bonds is 7. The van der Waals surface area contributed by atoms with Gasteiger partial charge in [0.1, 0.15) is 33.8 Å². The number of nitrogens with zero attached hydrogens (tertiary/aromatic N) is 6. The average Bonchev–Trinajstić information content (AvgIpc) is 3.47. The van der Waals surface area contributed by atoms with Crippen LogP contribution in [0.4, 0.5) is 11.6 Å². The van der Waals surface area contributed by atoms with Gasteiger partial charge in [-0.3, -0.25) is 10.1 Å². The summed E-state index contributed by atoms with van der Waals surface area (Å²) >= 11 is 1.65. The predicted octanol–water partition coefficient (Wildman–Crippen LogP) is 4.67. The minimum Gasteiger partial charge on any atom is -0.383 e. The Morgan fingerprint density at radius 3 is 2.71 bits per heavy atom. The van der Waals surface area contributed by atoms with E-state index in [9.17, 15) is 5.26 Å².